The fourth-order valence-electron chi connectivity index (χ4n) is 3.23. The maximum absolute atomic E-state index is 13.8. The fraction of sp³-hybridized carbons (Fsp3) is 0.263. The zero-order valence-electron chi connectivity index (χ0n) is 15.6. The van der Waals surface area contributed by atoms with Gasteiger partial charge in [-0.1, -0.05) is 17.7 Å². The van der Waals surface area contributed by atoms with Crippen molar-refractivity contribution in [2.75, 3.05) is 6.54 Å². The average molecular weight is 442 g/mol. The van der Waals surface area contributed by atoms with Gasteiger partial charge in [-0.2, -0.15) is 13.2 Å². The minimum atomic E-state index is -4.69. The number of nitrogens with zero attached hydrogens (tertiary/aromatic N) is 3. The Kier molecular flexibility index (Phi) is 5.80. The number of fused-ring (bicyclic) bond motifs is 1. The number of carbonyl (C=O) groups excluding carboxylic acids is 1. The van der Waals surface area contributed by atoms with Gasteiger partial charge in [-0.15, -0.1) is 0 Å². The van der Waals surface area contributed by atoms with Crippen LogP contribution in [0.5, 0.6) is 0 Å². The van der Waals surface area contributed by atoms with Crippen LogP contribution in [0.1, 0.15) is 38.7 Å². The maximum atomic E-state index is 13.8. The van der Waals surface area contributed by atoms with Gasteiger partial charge in [0, 0.05) is 12.1 Å². The maximum Gasteiger partial charge on any atom is 0.417 e. The lowest BCUT2D eigenvalue weighted by atomic mass is 9.99. The Balaban J connectivity index is 1.98. The molecule has 0 saturated carbocycles. The minimum Gasteiger partial charge on any atom is -0.395 e. The molecule has 0 fully saturated rings. The summed E-state index contributed by atoms with van der Waals surface area (Å²) in [4.78, 5) is 22.6. The Labute approximate surface area is 173 Å². The van der Waals surface area contributed by atoms with Gasteiger partial charge in [-0.05, 0) is 25.5 Å². The smallest absolute Gasteiger partial charge is 0.395 e. The topological polar surface area (TPSA) is 96.0 Å². The Bertz CT molecular complexity index is 1070. The van der Waals surface area contributed by atoms with E-state index in [1.54, 1.807) is 6.92 Å². The highest BCUT2D eigenvalue weighted by Crippen LogP contribution is 2.37. The molecule has 1 amide bonds. The highest BCUT2D eigenvalue weighted by atomic mass is 35.5. The van der Waals surface area contributed by atoms with Crippen LogP contribution in [0.25, 0.3) is 5.70 Å². The Morgan fingerprint density at radius 1 is 1.33 bits per heavy atom. The molecule has 3 rings (SSSR count). The molecule has 0 radical (unpaired) electrons. The third kappa shape index (κ3) is 4.00. The largest absolute Gasteiger partial charge is 0.417 e. The third-order valence-corrected chi connectivity index (χ3v) is 5.04. The van der Waals surface area contributed by atoms with Crippen LogP contribution in [-0.2, 0) is 19.1 Å². The molecule has 0 atom stereocenters. The highest BCUT2D eigenvalue weighted by Gasteiger charge is 2.36. The van der Waals surface area contributed by atoms with Gasteiger partial charge in [0.05, 0.1) is 46.0 Å². The molecule has 2 aromatic rings. The van der Waals surface area contributed by atoms with Gasteiger partial charge in [-0.3, -0.25) is 4.79 Å². The van der Waals surface area contributed by atoms with E-state index in [1.165, 1.54) is 11.0 Å². The second-order valence-corrected chi connectivity index (χ2v) is 6.97. The number of hydrogen-bond donors (Lipinski definition) is 2. The molecule has 0 unspecified atom stereocenters. The predicted octanol–water partition coefficient (Wildman–Crippen LogP) is 3.90. The first kappa shape index (κ1) is 21.7. The Morgan fingerprint density at radius 3 is 2.67 bits per heavy atom. The van der Waals surface area contributed by atoms with Crippen molar-refractivity contribution in [1.29, 1.82) is 5.41 Å². The van der Waals surface area contributed by atoms with Gasteiger partial charge in [0.2, 0.25) is 0 Å². The van der Waals surface area contributed by atoms with Crippen molar-refractivity contribution in [3.05, 3.63) is 63.0 Å². The first-order valence-corrected chi connectivity index (χ1v) is 9.09. The SMILES string of the molecule is Cc1nc2c(c(/C(N)=C(\F)C=N)n1)CCN(C(=O)c1cccc(C(F)(F)F)c1Cl)C2. The predicted molar refractivity (Wildman–Crippen MR) is 103 cm³/mol. The fourth-order valence-corrected chi connectivity index (χ4v) is 3.54. The third-order valence-electron chi connectivity index (χ3n) is 4.64. The quantitative estimate of drug-likeness (QED) is 0.557. The van der Waals surface area contributed by atoms with E-state index in [0.29, 0.717) is 17.5 Å². The highest BCUT2D eigenvalue weighted by molar-refractivity contribution is 6.34. The minimum absolute atomic E-state index is 0.0312. The lowest BCUT2D eigenvalue weighted by Gasteiger charge is -2.30. The summed E-state index contributed by atoms with van der Waals surface area (Å²) in [5.41, 5.74) is 5.16. The molecular formula is C19H16ClF4N5O. The Morgan fingerprint density at radius 2 is 2.03 bits per heavy atom. The van der Waals surface area contributed by atoms with E-state index in [1.807, 2.05) is 0 Å². The number of rotatable bonds is 3. The summed E-state index contributed by atoms with van der Waals surface area (Å²) >= 11 is 5.87. The van der Waals surface area contributed by atoms with Crippen LogP contribution < -0.4 is 5.73 Å². The molecule has 30 heavy (non-hydrogen) atoms. The van der Waals surface area contributed by atoms with Crippen molar-refractivity contribution >= 4 is 29.4 Å². The molecule has 0 bridgehead atoms. The number of allylic oxidation sites excluding steroid dienone is 1. The zero-order chi connectivity index (χ0) is 22.2. The summed E-state index contributed by atoms with van der Waals surface area (Å²) in [6, 6.07) is 3.16. The van der Waals surface area contributed by atoms with E-state index in [-0.39, 0.29) is 42.3 Å². The van der Waals surface area contributed by atoms with Crippen molar-refractivity contribution in [3.8, 4) is 0 Å². The molecule has 0 aliphatic carbocycles. The number of benzene rings is 1. The second-order valence-electron chi connectivity index (χ2n) is 6.59. The zero-order valence-corrected chi connectivity index (χ0v) is 16.4. The van der Waals surface area contributed by atoms with Crippen molar-refractivity contribution in [3.63, 3.8) is 0 Å². The summed E-state index contributed by atoms with van der Waals surface area (Å²) in [7, 11) is 0. The van der Waals surface area contributed by atoms with E-state index in [9.17, 15) is 22.4 Å². The molecule has 1 aliphatic rings. The molecule has 2 heterocycles. The molecule has 1 aliphatic heterocycles. The normalized spacial score (nSPS) is 14.8. The van der Waals surface area contributed by atoms with Crippen LogP contribution in [0.4, 0.5) is 17.6 Å². The van der Waals surface area contributed by atoms with Crippen LogP contribution >= 0.6 is 11.6 Å². The van der Waals surface area contributed by atoms with Gasteiger partial charge >= 0.3 is 6.18 Å². The average Bonchev–Trinajstić information content (AvgIpc) is 2.70. The summed E-state index contributed by atoms with van der Waals surface area (Å²) in [5, 5.41) is 6.35. The molecule has 11 heteroatoms. The molecule has 0 saturated heterocycles. The molecule has 158 valence electrons. The molecular weight excluding hydrogens is 426 g/mol. The molecule has 1 aromatic heterocycles. The van der Waals surface area contributed by atoms with Crippen molar-refractivity contribution in [2.45, 2.75) is 26.1 Å². The van der Waals surface area contributed by atoms with Crippen LogP contribution in [-0.4, -0.2) is 33.5 Å². The van der Waals surface area contributed by atoms with Crippen LogP contribution in [0, 0.1) is 12.3 Å². The summed E-state index contributed by atoms with van der Waals surface area (Å²) in [6.07, 6.45) is -4.02. The van der Waals surface area contributed by atoms with E-state index in [4.69, 9.17) is 22.7 Å². The van der Waals surface area contributed by atoms with Gasteiger partial charge < -0.3 is 16.0 Å². The molecule has 6 nitrogen and oxygen atoms in total. The number of halogens is 5. The number of aromatic nitrogens is 2. The van der Waals surface area contributed by atoms with Crippen molar-refractivity contribution < 1.29 is 22.4 Å². The van der Waals surface area contributed by atoms with Gasteiger partial charge in [0.15, 0.2) is 5.83 Å². The number of aryl methyl sites for hydroxylation is 1. The molecule has 3 N–H and O–H groups in total. The van der Waals surface area contributed by atoms with Crippen LogP contribution in [0.15, 0.2) is 24.0 Å². The number of alkyl halides is 3. The molecule has 0 spiro atoms. The van der Waals surface area contributed by atoms with Crippen LogP contribution in [0.3, 0.4) is 0 Å². The van der Waals surface area contributed by atoms with E-state index >= 15 is 0 Å². The van der Waals surface area contributed by atoms with E-state index in [0.717, 1.165) is 12.1 Å². The summed E-state index contributed by atoms with van der Waals surface area (Å²) in [5.74, 6) is -1.36. The van der Waals surface area contributed by atoms with Crippen molar-refractivity contribution in [1.82, 2.24) is 14.9 Å². The number of hydrogen-bond acceptors (Lipinski definition) is 5. The summed E-state index contributed by atoms with van der Waals surface area (Å²) in [6.45, 7) is 1.65. The number of amides is 1. The van der Waals surface area contributed by atoms with E-state index in [2.05, 4.69) is 9.97 Å². The second kappa shape index (κ2) is 8.02. The summed E-state index contributed by atoms with van der Waals surface area (Å²) < 4.78 is 53.1. The standard InChI is InChI=1S/C19H16ClF4N5O/c1-9-27-14-8-29(6-5-10(14)17(28-9)16(26)13(21)7-25)18(30)11-3-2-4-12(15(11)20)19(22,23)24/h2-4,7,25H,5-6,8,26H2,1H3/b16-13+,25-7?. The van der Waals surface area contributed by atoms with Gasteiger partial charge in [0.1, 0.15) is 5.82 Å². The first-order valence-electron chi connectivity index (χ1n) is 8.72. The lowest BCUT2D eigenvalue weighted by Crippen LogP contribution is -2.37. The first-order chi connectivity index (χ1) is 14.0. The van der Waals surface area contributed by atoms with Gasteiger partial charge in [-0.25, -0.2) is 14.4 Å². The Hall–Kier alpha value is -3.01. The van der Waals surface area contributed by atoms with Gasteiger partial charge in [0.25, 0.3) is 5.91 Å². The van der Waals surface area contributed by atoms with Crippen LogP contribution in [0.2, 0.25) is 5.02 Å². The monoisotopic (exact) mass is 441 g/mol. The number of nitrogens with one attached hydrogen (secondary N) is 1. The van der Waals surface area contributed by atoms with Crippen molar-refractivity contribution in [2.24, 2.45) is 5.73 Å². The number of nitrogens with two attached hydrogens (primary N) is 1. The molecule has 1 aromatic carbocycles. The lowest BCUT2D eigenvalue weighted by molar-refractivity contribution is -0.137. The number of carbonyl (C=O) groups is 1. The van der Waals surface area contributed by atoms with E-state index < -0.39 is 28.5 Å².